The van der Waals surface area contributed by atoms with E-state index in [1.165, 1.54) is 47.9 Å². The Morgan fingerprint density at radius 2 is 1.17 bits per heavy atom. The molecule has 0 bridgehead atoms. The summed E-state index contributed by atoms with van der Waals surface area (Å²) in [6, 6.07) is 17.9. The fourth-order valence-corrected chi connectivity index (χ4v) is 3.17. The van der Waals surface area contributed by atoms with Crippen LogP contribution in [0.4, 0.5) is 0 Å². The van der Waals surface area contributed by atoms with Gasteiger partial charge in [0.15, 0.2) is 8.46 Å². The summed E-state index contributed by atoms with van der Waals surface area (Å²) >= 11 is 0. The van der Waals surface area contributed by atoms with Crippen LogP contribution in [-0.4, -0.2) is 6.16 Å². The highest BCUT2D eigenvalue weighted by Crippen LogP contribution is 2.21. The Labute approximate surface area is 142 Å². The molecule has 0 aliphatic carbocycles. The van der Waals surface area contributed by atoms with Crippen molar-refractivity contribution < 1.29 is 4.57 Å². The zero-order valence-electron chi connectivity index (χ0n) is 14.1. The minimum atomic E-state index is 0.273. The highest BCUT2D eigenvalue weighted by atomic mass is 31.1. The molecule has 0 aromatic heterocycles. The van der Waals surface area contributed by atoms with E-state index < -0.39 is 0 Å². The van der Waals surface area contributed by atoms with E-state index in [0.717, 1.165) is 25.4 Å². The maximum absolute atomic E-state index is 10.4. The van der Waals surface area contributed by atoms with Gasteiger partial charge in [0.2, 0.25) is 0 Å². The second-order valence-electron chi connectivity index (χ2n) is 6.16. The minimum absolute atomic E-state index is 0.273. The minimum Gasteiger partial charge on any atom is -0.275 e. The SMILES string of the molecule is CCCCCc1ccc(-c2ccc(CCCCP=O)cc2)cc1. The maximum atomic E-state index is 10.4. The van der Waals surface area contributed by atoms with Crippen LogP contribution in [0.2, 0.25) is 0 Å². The van der Waals surface area contributed by atoms with E-state index in [2.05, 4.69) is 55.5 Å². The molecule has 2 aromatic rings. The highest BCUT2D eigenvalue weighted by molar-refractivity contribution is 7.23. The molecule has 0 aliphatic rings. The van der Waals surface area contributed by atoms with Crippen LogP contribution in [0.25, 0.3) is 11.1 Å². The molecule has 0 amide bonds. The third-order valence-electron chi connectivity index (χ3n) is 4.28. The Bertz CT molecular complexity index is 572. The lowest BCUT2D eigenvalue weighted by Crippen LogP contribution is -1.88. The molecule has 0 fully saturated rings. The topological polar surface area (TPSA) is 17.1 Å². The summed E-state index contributed by atoms with van der Waals surface area (Å²) in [6.45, 7) is 2.25. The summed E-state index contributed by atoms with van der Waals surface area (Å²) in [7, 11) is 0.273. The summed E-state index contributed by atoms with van der Waals surface area (Å²) in [6.07, 6.45) is 9.08. The Morgan fingerprint density at radius 1 is 0.696 bits per heavy atom. The Balaban J connectivity index is 1.89. The molecule has 0 N–H and O–H groups in total. The fraction of sp³-hybridized carbons (Fsp3) is 0.429. The van der Waals surface area contributed by atoms with Crippen LogP contribution in [0.1, 0.15) is 50.2 Å². The van der Waals surface area contributed by atoms with Gasteiger partial charge in [0.25, 0.3) is 0 Å². The van der Waals surface area contributed by atoms with Gasteiger partial charge in [-0.3, -0.25) is 4.57 Å². The largest absolute Gasteiger partial charge is 0.275 e. The van der Waals surface area contributed by atoms with Crippen LogP contribution in [0.3, 0.4) is 0 Å². The summed E-state index contributed by atoms with van der Waals surface area (Å²) in [5.41, 5.74) is 5.39. The van der Waals surface area contributed by atoms with Crippen LogP contribution in [0.15, 0.2) is 48.5 Å². The summed E-state index contributed by atoms with van der Waals surface area (Å²) in [5, 5.41) is 0. The molecular formula is C21H27OP. The first-order chi connectivity index (χ1) is 11.3. The van der Waals surface area contributed by atoms with E-state index in [0.29, 0.717) is 0 Å². The molecule has 2 heteroatoms. The van der Waals surface area contributed by atoms with Gasteiger partial charge < -0.3 is 0 Å². The Morgan fingerprint density at radius 3 is 1.61 bits per heavy atom. The van der Waals surface area contributed by atoms with Crippen molar-refractivity contribution in [3.8, 4) is 11.1 Å². The van der Waals surface area contributed by atoms with Crippen molar-refractivity contribution >= 4 is 8.46 Å². The molecule has 0 heterocycles. The fourth-order valence-electron chi connectivity index (χ4n) is 2.81. The van der Waals surface area contributed by atoms with Gasteiger partial charge in [0, 0.05) is 6.16 Å². The molecule has 0 aliphatic heterocycles. The molecule has 0 radical (unpaired) electrons. The first-order valence-corrected chi connectivity index (χ1v) is 9.80. The van der Waals surface area contributed by atoms with Gasteiger partial charge in [0.1, 0.15) is 0 Å². The number of hydrogen-bond donors (Lipinski definition) is 0. The lowest BCUT2D eigenvalue weighted by atomic mass is 9.99. The second-order valence-corrected chi connectivity index (χ2v) is 6.87. The Hall–Kier alpha value is -1.46. The van der Waals surface area contributed by atoms with Crippen LogP contribution in [-0.2, 0) is 17.4 Å². The van der Waals surface area contributed by atoms with E-state index in [1.54, 1.807) is 0 Å². The zero-order chi connectivity index (χ0) is 16.3. The average Bonchev–Trinajstić information content (AvgIpc) is 2.60. The monoisotopic (exact) mass is 326 g/mol. The smallest absolute Gasteiger partial charge is 0.155 e. The number of rotatable bonds is 10. The lowest BCUT2D eigenvalue weighted by Gasteiger charge is -2.06. The number of aryl methyl sites for hydroxylation is 2. The van der Waals surface area contributed by atoms with Gasteiger partial charge in [-0.25, -0.2) is 0 Å². The number of benzene rings is 2. The van der Waals surface area contributed by atoms with Crippen molar-refractivity contribution in [2.24, 2.45) is 0 Å². The predicted octanol–water partition coefficient (Wildman–Crippen LogP) is 6.70. The van der Waals surface area contributed by atoms with E-state index in [4.69, 9.17) is 0 Å². The van der Waals surface area contributed by atoms with Gasteiger partial charge in [-0.2, -0.15) is 0 Å². The van der Waals surface area contributed by atoms with Crippen LogP contribution >= 0.6 is 8.46 Å². The van der Waals surface area contributed by atoms with E-state index in [-0.39, 0.29) is 8.46 Å². The number of hydrogen-bond acceptors (Lipinski definition) is 1. The Kier molecular flexibility index (Phi) is 8.04. The standard InChI is InChI=1S/C21H27OP/c1-2-3-4-7-18-9-13-20(14-10-18)21-15-11-19(12-16-21)8-5-6-17-23-22/h9-16H,2-8,17H2,1H3. The third kappa shape index (κ3) is 6.28. The average molecular weight is 326 g/mol. The van der Waals surface area contributed by atoms with E-state index >= 15 is 0 Å². The first kappa shape index (κ1) is 17.9. The molecule has 0 saturated heterocycles. The molecule has 0 saturated carbocycles. The normalized spacial score (nSPS) is 11.0. The van der Waals surface area contributed by atoms with Crippen molar-refractivity contribution in [3.05, 3.63) is 59.7 Å². The van der Waals surface area contributed by atoms with Crippen molar-refractivity contribution in [1.29, 1.82) is 0 Å². The van der Waals surface area contributed by atoms with Gasteiger partial charge in [0.05, 0.1) is 0 Å². The van der Waals surface area contributed by atoms with Gasteiger partial charge in [-0.1, -0.05) is 68.3 Å². The molecule has 122 valence electrons. The van der Waals surface area contributed by atoms with Crippen molar-refractivity contribution in [3.63, 3.8) is 0 Å². The van der Waals surface area contributed by atoms with Crippen LogP contribution in [0, 0.1) is 0 Å². The zero-order valence-corrected chi connectivity index (χ0v) is 15.0. The van der Waals surface area contributed by atoms with Gasteiger partial charge in [-0.05, 0) is 54.4 Å². The van der Waals surface area contributed by atoms with Crippen LogP contribution in [0.5, 0.6) is 0 Å². The number of unbranched alkanes of at least 4 members (excludes halogenated alkanes) is 3. The van der Waals surface area contributed by atoms with Gasteiger partial charge in [-0.15, -0.1) is 0 Å². The van der Waals surface area contributed by atoms with E-state index in [1.807, 2.05) is 0 Å². The molecule has 0 unspecified atom stereocenters. The van der Waals surface area contributed by atoms with E-state index in [9.17, 15) is 4.57 Å². The second kappa shape index (κ2) is 10.3. The lowest BCUT2D eigenvalue weighted by molar-refractivity contribution is 0.596. The molecule has 2 aromatic carbocycles. The van der Waals surface area contributed by atoms with Gasteiger partial charge >= 0.3 is 0 Å². The molecule has 2 rings (SSSR count). The molecule has 0 spiro atoms. The summed E-state index contributed by atoms with van der Waals surface area (Å²) in [4.78, 5) is 0. The third-order valence-corrected chi connectivity index (χ3v) is 4.77. The maximum Gasteiger partial charge on any atom is 0.155 e. The summed E-state index contributed by atoms with van der Waals surface area (Å²) in [5.74, 6) is 0. The molecule has 1 nitrogen and oxygen atoms in total. The van der Waals surface area contributed by atoms with Crippen LogP contribution < -0.4 is 0 Å². The van der Waals surface area contributed by atoms with Crippen molar-refractivity contribution in [2.45, 2.75) is 51.9 Å². The predicted molar refractivity (Wildman–Crippen MR) is 101 cm³/mol. The molecular weight excluding hydrogens is 299 g/mol. The van der Waals surface area contributed by atoms with Crippen molar-refractivity contribution in [1.82, 2.24) is 0 Å². The summed E-state index contributed by atoms with van der Waals surface area (Å²) < 4.78 is 10.4. The van der Waals surface area contributed by atoms with Crippen molar-refractivity contribution in [2.75, 3.05) is 6.16 Å². The highest BCUT2D eigenvalue weighted by Gasteiger charge is 2.00. The first-order valence-electron chi connectivity index (χ1n) is 8.81. The molecule has 23 heavy (non-hydrogen) atoms. The molecule has 0 atom stereocenters. The quantitative estimate of drug-likeness (QED) is 0.350.